The zero-order valence-electron chi connectivity index (χ0n) is 13.0. The first-order valence-corrected chi connectivity index (χ1v) is 9.29. The molecule has 1 rings (SSSR count). The summed E-state index contributed by atoms with van der Waals surface area (Å²) in [6.45, 7) is 2.35. The van der Waals surface area contributed by atoms with Crippen LogP contribution in [0, 0.1) is 0 Å². The molecule has 0 unspecified atom stereocenters. The van der Waals surface area contributed by atoms with E-state index < -0.39 is 10.4 Å². The molecule has 0 saturated carbocycles. The number of hydrogen-bond donors (Lipinski definition) is 0. The van der Waals surface area contributed by atoms with Crippen LogP contribution in [0.3, 0.4) is 0 Å². The van der Waals surface area contributed by atoms with Crippen molar-refractivity contribution in [3.8, 4) is 0 Å². The minimum atomic E-state index is -2.17. The zero-order valence-corrected chi connectivity index (χ0v) is 16.8. The van der Waals surface area contributed by atoms with Crippen molar-refractivity contribution in [2.45, 2.75) is 43.5 Å². The van der Waals surface area contributed by atoms with E-state index in [2.05, 4.69) is 17.2 Å². The Labute approximate surface area is 166 Å². The highest BCUT2D eigenvalue weighted by Crippen LogP contribution is 2.37. The third-order valence-corrected chi connectivity index (χ3v) is 4.24. The SMILES string of the molecule is CCCCCCCOC(=O)C(Cl)(Cl)N=Nc1c(Cl)cc(Cl)cc1Cl. The van der Waals surface area contributed by atoms with E-state index in [-0.39, 0.29) is 22.3 Å². The fourth-order valence-corrected chi connectivity index (χ4v) is 2.82. The molecule has 0 spiro atoms. The molecule has 0 radical (unpaired) electrons. The fraction of sp³-hybridized carbons (Fsp3) is 0.533. The molecule has 4 nitrogen and oxygen atoms in total. The number of alkyl halides is 2. The second kappa shape index (κ2) is 10.7. The molecule has 24 heavy (non-hydrogen) atoms. The van der Waals surface area contributed by atoms with Gasteiger partial charge in [0.2, 0.25) is 0 Å². The number of nitrogens with zero attached hydrogens (tertiary/aromatic N) is 2. The minimum absolute atomic E-state index is 0.112. The number of hydrogen-bond acceptors (Lipinski definition) is 4. The molecule has 0 amide bonds. The summed E-state index contributed by atoms with van der Waals surface area (Å²) in [6.07, 6.45) is 5.09. The van der Waals surface area contributed by atoms with Gasteiger partial charge in [0.15, 0.2) is 0 Å². The van der Waals surface area contributed by atoms with E-state index >= 15 is 0 Å². The molecule has 0 aliphatic heterocycles. The summed E-state index contributed by atoms with van der Waals surface area (Å²) in [7, 11) is 0. The van der Waals surface area contributed by atoms with Crippen LogP contribution in [-0.4, -0.2) is 17.0 Å². The predicted molar refractivity (Wildman–Crippen MR) is 100 cm³/mol. The molecule has 0 fully saturated rings. The molecule has 134 valence electrons. The maximum Gasteiger partial charge on any atom is 0.367 e. The molecule has 9 heteroatoms. The van der Waals surface area contributed by atoms with Crippen LogP contribution in [0.1, 0.15) is 39.0 Å². The Balaban J connectivity index is 2.60. The molecule has 0 aliphatic rings. The van der Waals surface area contributed by atoms with Gasteiger partial charge in [0, 0.05) is 5.02 Å². The number of benzene rings is 1. The largest absolute Gasteiger partial charge is 0.462 e. The molecular formula is C15H17Cl5N2O2. The van der Waals surface area contributed by atoms with Crippen molar-refractivity contribution >= 4 is 69.7 Å². The van der Waals surface area contributed by atoms with Gasteiger partial charge in [-0.2, -0.15) is 0 Å². The van der Waals surface area contributed by atoms with Crippen LogP contribution < -0.4 is 0 Å². The van der Waals surface area contributed by atoms with Gasteiger partial charge in [-0.1, -0.05) is 90.6 Å². The summed E-state index contributed by atoms with van der Waals surface area (Å²) in [5, 5.41) is 7.98. The van der Waals surface area contributed by atoms with Gasteiger partial charge >= 0.3 is 10.4 Å². The molecule has 0 aliphatic carbocycles. The molecule has 0 aromatic heterocycles. The Morgan fingerprint density at radius 3 is 2.25 bits per heavy atom. The summed E-state index contributed by atoms with van der Waals surface area (Å²) in [5.74, 6) is -0.897. The Kier molecular flexibility index (Phi) is 9.68. The lowest BCUT2D eigenvalue weighted by atomic mass is 10.2. The van der Waals surface area contributed by atoms with Gasteiger partial charge in [-0.25, -0.2) is 4.79 Å². The predicted octanol–water partition coefficient (Wildman–Crippen LogP) is 7.38. The first-order chi connectivity index (χ1) is 11.3. The number of rotatable bonds is 9. The Morgan fingerprint density at radius 1 is 1.08 bits per heavy atom. The van der Waals surface area contributed by atoms with Gasteiger partial charge in [0.1, 0.15) is 5.69 Å². The standard InChI is InChI=1S/C15H17Cl5N2O2/c1-2-3-4-5-6-7-24-14(23)15(19,20)22-21-13-11(17)8-10(16)9-12(13)18/h8-9H,2-7H2,1H3. The van der Waals surface area contributed by atoms with Crippen LogP contribution in [0.15, 0.2) is 22.4 Å². The zero-order chi connectivity index (χ0) is 18.2. The molecular weight excluding hydrogens is 417 g/mol. The van der Waals surface area contributed by atoms with Crippen molar-refractivity contribution in [3.05, 3.63) is 27.2 Å². The first kappa shape index (κ1) is 21.8. The third kappa shape index (κ3) is 7.32. The molecule has 0 heterocycles. The van der Waals surface area contributed by atoms with Gasteiger partial charge in [-0.15, -0.1) is 10.2 Å². The third-order valence-electron chi connectivity index (χ3n) is 2.98. The van der Waals surface area contributed by atoms with Crippen molar-refractivity contribution in [2.75, 3.05) is 6.61 Å². The second-order valence-corrected chi connectivity index (χ2v) is 7.55. The van der Waals surface area contributed by atoms with Crippen LogP contribution in [0.4, 0.5) is 5.69 Å². The van der Waals surface area contributed by atoms with E-state index in [1.54, 1.807) is 0 Å². The Hall–Kier alpha value is -0.260. The van der Waals surface area contributed by atoms with Crippen LogP contribution in [0.25, 0.3) is 0 Å². The Bertz CT molecular complexity index is 570. The maximum atomic E-state index is 11.9. The molecule has 1 aromatic carbocycles. The van der Waals surface area contributed by atoms with Gasteiger partial charge < -0.3 is 4.74 Å². The van der Waals surface area contributed by atoms with Crippen LogP contribution in [0.5, 0.6) is 0 Å². The summed E-state index contributed by atoms with van der Waals surface area (Å²) in [4.78, 5) is 11.9. The summed E-state index contributed by atoms with van der Waals surface area (Å²) >= 11 is 29.4. The lowest BCUT2D eigenvalue weighted by Crippen LogP contribution is -2.26. The van der Waals surface area contributed by atoms with Gasteiger partial charge in [0.05, 0.1) is 16.7 Å². The maximum absolute atomic E-state index is 11.9. The van der Waals surface area contributed by atoms with Gasteiger partial charge in [0.25, 0.3) is 0 Å². The van der Waals surface area contributed by atoms with E-state index in [4.69, 9.17) is 62.7 Å². The van der Waals surface area contributed by atoms with E-state index in [9.17, 15) is 4.79 Å². The van der Waals surface area contributed by atoms with Crippen molar-refractivity contribution in [1.29, 1.82) is 0 Å². The lowest BCUT2D eigenvalue weighted by Gasteiger charge is -2.12. The van der Waals surface area contributed by atoms with Gasteiger partial charge in [-0.05, 0) is 18.6 Å². The number of carbonyl (C=O) groups is 1. The van der Waals surface area contributed by atoms with Crippen LogP contribution in [-0.2, 0) is 9.53 Å². The monoisotopic (exact) mass is 432 g/mol. The number of azo groups is 1. The average molecular weight is 435 g/mol. The lowest BCUT2D eigenvalue weighted by molar-refractivity contribution is -0.144. The molecule has 0 N–H and O–H groups in total. The Morgan fingerprint density at radius 2 is 1.67 bits per heavy atom. The topological polar surface area (TPSA) is 51.0 Å². The highest BCUT2D eigenvalue weighted by Gasteiger charge is 2.36. The molecule has 1 aromatic rings. The number of carbonyl (C=O) groups excluding carboxylic acids is 1. The van der Waals surface area contributed by atoms with Crippen LogP contribution in [0.2, 0.25) is 15.1 Å². The molecule has 0 atom stereocenters. The summed E-state index contributed by atoms with van der Waals surface area (Å²) in [5.41, 5.74) is 0.112. The van der Waals surface area contributed by atoms with Crippen molar-refractivity contribution in [2.24, 2.45) is 10.2 Å². The first-order valence-electron chi connectivity index (χ1n) is 7.40. The van der Waals surface area contributed by atoms with Gasteiger partial charge in [-0.3, -0.25) is 0 Å². The molecule has 0 saturated heterocycles. The minimum Gasteiger partial charge on any atom is -0.462 e. The number of halogens is 5. The quantitative estimate of drug-likeness (QED) is 0.134. The average Bonchev–Trinajstić information content (AvgIpc) is 2.49. The van der Waals surface area contributed by atoms with Crippen LogP contribution >= 0.6 is 58.0 Å². The van der Waals surface area contributed by atoms with E-state index in [0.29, 0.717) is 5.02 Å². The van der Waals surface area contributed by atoms with Crippen molar-refractivity contribution in [3.63, 3.8) is 0 Å². The summed E-state index contributed by atoms with van der Waals surface area (Å²) in [6, 6.07) is 2.87. The normalized spacial score (nSPS) is 11.9. The molecule has 0 bridgehead atoms. The van der Waals surface area contributed by atoms with Crippen molar-refractivity contribution in [1.82, 2.24) is 0 Å². The highest BCUT2D eigenvalue weighted by atomic mass is 35.5. The van der Waals surface area contributed by atoms with E-state index in [0.717, 1.165) is 32.1 Å². The number of ether oxygens (including phenoxy) is 1. The van der Waals surface area contributed by atoms with Crippen molar-refractivity contribution < 1.29 is 9.53 Å². The number of esters is 1. The number of unbranched alkanes of at least 4 members (excludes halogenated alkanes) is 4. The van der Waals surface area contributed by atoms with E-state index in [1.165, 1.54) is 12.1 Å². The smallest absolute Gasteiger partial charge is 0.367 e. The second-order valence-electron chi connectivity index (χ2n) is 5.01. The van der Waals surface area contributed by atoms with E-state index in [1.807, 2.05) is 0 Å². The summed E-state index contributed by atoms with van der Waals surface area (Å²) < 4.78 is 2.84. The highest BCUT2D eigenvalue weighted by molar-refractivity contribution is 6.57. The fourth-order valence-electron chi connectivity index (χ4n) is 1.74.